The number of aliphatic hydroxyl groups excluding tert-OH is 1. The van der Waals surface area contributed by atoms with Gasteiger partial charge >= 0.3 is 0 Å². The third-order valence-electron chi connectivity index (χ3n) is 13.2. The molecule has 3 saturated heterocycles. The number of piperazine rings is 1. The van der Waals surface area contributed by atoms with Gasteiger partial charge in [-0.05, 0) is 116 Å². The molecule has 0 radical (unpaired) electrons. The van der Waals surface area contributed by atoms with Gasteiger partial charge in [0.05, 0.1) is 0 Å². The van der Waals surface area contributed by atoms with E-state index in [9.17, 15) is 24.6 Å². The first-order valence-corrected chi connectivity index (χ1v) is 20.5. The van der Waals surface area contributed by atoms with Crippen LogP contribution in [0.25, 0.3) is 0 Å². The van der Waals surface area contributed by atoms with Gasteiger partial charge in [0.15, 0.2) is 6.23 Å². The number of nitrogens with one attached hydrogen (secondary N) is 1. The van der Waals surface area contributed by atoms with Crippen LogP contribution in [0.1, 0.15) is 94.8 Å². The average Bonchev–Trinajstić information content (AvgIpc) is 3.48. The zero-order chi connectivity index (χ0) is 38.3. The number of hydrogen-bond donors (Lipinski definition) is 3. The van der Waals surface area contributed by atoms with Crippen molar-refractivity contribution in [1.82, 2.24) is 15.1 Å². The number of rotatable bonds is 8. The van der Waals surface area contributed by atoms with Crippen LogP contribution in [0, 0.1) is 5.92 Å². The average molecular weight is 754 g/mol. The summed E-state index contributed by atoms with van der Waals surface area (Å²) in [5.41, 5.74) is 8.50. The third-order valence-corrected chi connectivity index (χ3v) is 13.2. The zero-order valence-corrected chi connectivity index (χ0v) is 31.9. The Morgan fingerprint density at radius 2 is 1.39 bits per heavy atom. The lowest BCUT2D eigenvalue weighted by molar-refractivity contribution is -0.139. The summed E-state index contributed by atoms with van der Waals surface area (Å²) in [6, 6.07) is 30.9. The standard InChI is InChI=1S/C46H51N5O5/c52-36-12-15-38-33(28-36)8-13-37(31-4-2-1-3-5-31)43(38)32-6-9-34(10-7-32)49-22-19-30(20-23-49)18-21-48-24-26-50(27-25-48)35-11-14-39-40(29-35)46(56)51(45(39)55)41-16-17-42(53)47-44(41)54/h1-7,9-12,14-15,28-30,37,41,43,45,52,55H,8,13,16-27H2,(H,47,53,54)/t37-,41?,43+,45?/m1/s1. The second kappa shape index (κ2) is 15.4. The van der Waals surface area contributed by atoms with Gasteiger partial charge < -0.3 is 20.0 Å². The summed E-state index contributed by atoms with van der Waals surface area (Å²) in [6.45, 7) is 6.87. The number of amides is 3. The Balaban J connectivity index is 0.763. The van der Waals surface area contributed by atoms with Crippen molar-refractivity contribution in [1.29, 1.82) is 0 Å². The Morgan fingerprint density at radius 3 is 2.14 bits per heavy atom. The minimum atomic E-state index is -1.20. The lowest BCUT2D eigenvalue weighted by Gasteiger charge is -2.38. The number of nitrogens with zero attached hydrogens (tertiary/aromatic N) is 4. The van der Waals surface area contributed by atoms with Gasteiger partial charge in [0, 0.05) is 74.1 Å². The van der Waals surface area contributed by atoms with Crippen molar-refractivity contribution < 1.29 is 24.6 Å². The molecule has 0 aromatic heterocycles. The van der Waals surface area contributed by atoms with Crippen LogP contribution in [-0.4, -0.2) is 89.6 Å². The zero-order valence-electron chi connectivity index (χ0n) is 31.9. The number of imide groups is 1. The monoisotopic (exact) mass is 753 g/mol. The fraction of sp³-hybridized carbons (Fsp3) is 0.413. The number of phenolic OH excluding ortho intramolecular Hbond substituents is 1. The van der Waals surface area contributed by atoms with Gasteiger partial charge in [0.1, 0.15) is 11.8 Å². The van der Waals surface area contributed by atoms with E-state index in [4.69, 9.17) is 0 Å². The Bertz CT molecular complexity index is 2090. The Morgan fingerprint density at radius 1 is 0.679 bits per heavy atom. The molecule has 9 rings (SSSR count). The molecule has 10 nitrogen and oxygen atoms in total. The molecule has 3 N–H and O–H groups in total. The Hall–Kier alpha value is -5.19. The summed E-state index contributed by atoms with van der Waals surface area (Å²) in [5, 5.41) is 23.5. The number of aliphatic hydroxyl groups is 1. The molecular weight excluding hydrogens is 703 g/mol. The van der Waals surface area contributed by atoms with Crippen molar-refractivity contribution in [3.8, 4) is 5.75 Å². The fourth-order valence-electron chi connectivity index (χ4n) is 10.1. The second-order valence-corrected chi connectivity index (χ2v) is 16.4. The molecule has 3 fully saturated rings. The van der Waals surface area contributed by atoms with Crippen molar-refractivity contribution in [3.05, 3.63) is 124 Å². The minimum Gasteiger partial charge on any atom is -0.508 e. The van der Waals surface area contributed by atoms with Gasteiger partial charge in [-0.1, -0.05) is 54.6 Å². The van der Waals surface area contributed by atoms with E-state index < -0.39 is 18.2 Å². The predicted molar refractivity (Wildman–Crippen MR) is 216 cm³/mol. The smallest absolute Gasteiger partial charge is 0.257 e. The first-order valence-electron chi connectivity index (χ1n) is 20.5. The predicted octanol–water partition coefficient (Wildman–Crippen LogP) is 5.93. The molecule has 4 aliphatic heterocycles. The van der Waals surface area contributed by atoms with E-state index in [2.05, 4.69) is 80.7 Å². The summed E-state index contributed by atoms with van der Waals surface area (Å²) in [5.74, 6) is 0.473. The maximum absolute atomic E-state index is 13.4. The van der Waals surface area contributed by atoms with Gasteiger partial charge in [-0.2, -0.15) is 0 Å². The molecule has 3 amide bonds. The molecule has 4 aromatic rings. The highest BCUT2D eigenvalue weighted by Gasteiger charge is 2.44. The molecule has 290 valence electrons. The van der Waals surface area contributed by atoms with Gasteiger partial charge in [-0.3, -0.25) is 29.5 Å². The number of aryl methyl sites for hydroxylation is 1. The topological polar surface area (TPSA) is 117 Å². The minimum absolute atomic E-state index is 0.147. The van der Waals surface area contributed by atoms with Crippen LogP contribution < -0.4 is 15.1 Å². The van der Waals surface area contributed by atoms with Gasteiger partial charge in [-0.15, -0.1) is 0 Å². The van der Waals surface area contributed by atoms with E-state index in [1.165, 1.54) is 52.1 Å². The van der Waals surface area contributed by atoms with Gasteiger partial charge in [0.2, 0.25) is 11.8 Å². The Labute approximate surface area is 328 Å². The lowest BCUT2D eigenvalue weighted by Crippen LogP contribution is -2.53. The number of hydrogen-bond acceptors (Lipinski definition) is 8. The number of phenols is 1. The summed E-state index contributed by atoms with van der Waals surface area (Å²) in [6.07, 6.45) is 4.79. The van der Waals surface area contributed by atoms with Gasteiger partial charge in [0.25, 0.3) is 5.91 Å². The molecule has 0 saturated carbocycles. The van der Waals surface area contributed by atoms with E-state index in [0.29, 0.717) is 28.7 Å². The highest BCUT2D eigenvalue weighted by atomic mass is 16.3. The molecule has 4 heterocycles. The van der Waals surface area contributed by atoms with Crippen molar-refractivity contribution in [2.75, 3.05) is 55.6 Å². The maximum atomic E-state index is 13.4. The molecule has 10 heteroatoms. The molecule has 5 aliphatic rings. The lowest BCUT2D eigenvalue weighted by atomic mass is 9.69. The molecule has 1 aliphatic carbocycles. The number of piperidine rings is 2. The number of carbonyl (C=O) groups is 3. The van der Waals surface area contributed by atoms with E-state index in [1.54, 1.807) is 6.07 Å². The maximum Gasteiger partial charge on any atom is 0.257 e. The molecule has 0 bridgehead atoms. The molecule has 4 aromatic carbocycles. The van der Waals surface area contributed by atoms with Crippen molar-refractivity contribution in [2.45, 2.75) is 69.1 Å². The van der Waals surface area contributed by atoms with Crippen LogP contribution in [0.3, 0.4) is 0 Å². The van der Waals surface area contributed by atoms with Crippen LogP contribution >= 0.6 is 0 Å². The van der Waals surface area contributed by atoms with Crippen molar-refractivity contribution in [3.63, 3.8) is 0 Å². The van der Waals surface area contributed by atoms with Crippen LogP contribution in [0.2, 0.25) is 0 Å². The van der Waals surface area contributed by atoms with Crippen LogP contribution in [0.4, 0.5) is 11.4 Å². The van der Waals surface area contributed by atoms with Crippen LogP contribution in [0.5, 0.6) is 5.75 Å². The van der Waals surface area contributed by atoms with E-state index in [-0.39, 0.29) is 30.6 Å². The highest BCUT2D eigenvalue weighted by Crippen LogP contribution is 2.47. The molecular formula is C46H51N5O5. The van der Waals surface area contributed by atoms with Crippen molar-refractivity contribution >= 4 is 29.1 Å². The number of aromatic hydroxyl groups is 1. The molecule has 4 atom stereocenters. The second-order valence-electron chi connectivity index (χ2n) is 16.4. The number of anilines is 2. The molecule has 2 unspecified atom stereocenters. The first-order chi connectivity index (χ1) is 27.3. The largest absolute Gasteiger partial charge is 0.508 e. The number of carbonyl (C=O) groups excluding carboxylic acids is 3. The molecule has 0 spiro atoms. The van der Waals surface area contributed by atoms with E-state index >= 15 is 0 Å². The Kier molecular flexibility index (Phi) is 10.0. The molecule has 56 heavy (non-hydrogen) atoms. The number of benzene rings is 4. The summed E-state index contributed by atoms with van der Waals surface area (Å²) in [7, 11) is 0. The van der Waals surface area contributed by atoms with Crippen molar-refractivity contribution in [2.24, 2.45) is 5.92 Å². The van der Waals surface area contributed by atoms with E-state index in [0.717, 1.165) is 64.3 Å². The normalized spacial score (nSPS) is 24.6. The first kappa shape index (κ1) is 36.4. The van der Waals surface area contributed by atoms with Gasteiger partial charge in [-0.25, -0.2) is 0 Å². The number of fused-ring (bicyclic) bond motifs is 2. The van der Waals surface area contributed by atoms with Crippen LogP contribution in [0.15, 0.2) is 91.0 Å². The summed E-state index contributed by atoms with van der Waals surface area (Å²) >= 11 is 0. The third kappa shape index (κ3) is 7.05. The SMILES string of the molecule is O=C1CCC(N2C(=O)c3cc(N4CCN(CCC5CCN(c6ccc([C@@H]7c8ccc(O)cc8CC[C@@H]7c7ccccc7)cc6)CC5)CC4)ccc3C2O)C(=O)N1. The quantitative estimate of drug-likeness (QED) is 0.190. The summed E-state index contributed by atoms with van der Waals surface area (Å²) in [4.78, 5) is 46.2. The fourth-order valence-corrected chi connectivity index (χ4v) is 10.1. The highest BCUT2D eigenvalue weighted by molar-refractivity contribution is 6.06. The van der Waals surface area contributed by atoms with Crippen LogP contribution in [-0.2, 0) is 16.0 Å². The van der Waals surface area contributed by atoms with E-state index in [1.807, 2.05) is 24.3 Å². The summed E-state index contributed by atoms with van der Waals surface area (Å²) < 4.78 is 0.